The van der Waals surface area contributed by atoms with Crippen LogP contribution in [0.3, 0.4) is 0 Å². The van der Waals surface area contributed by atoms with Crippen molar-refractivity contribution in [1.82, 2.24) is 0 Å². The Bertz CT molecular complexity index is 1620. The molecule has 0 aliphatic carbocycles. The Kier molecular flexibility index (Phi) is 9.17. The molecule has 16 nitrogen and oxygen atoms in total. The van der Waals surface area contributed by atoms with Crippen LogP contribution in [-0.4, -0.2) is 88.6 Å². The van der Waals surface area contributed by atoms with Crippen LogP contribution in [0.5, 0.6) is 0 Å². The largest absolute Gasteiger partial charge is 0.481 e. The fraction of sp³-hybridized carbons (Fsp3) is 0.214. The molecule has 0 atom stereocenters. The minimum absolute atomic E-state index is 0.0391. The highest BCUT2D eigenvalue weighted by atomic mass is 16.4. The van der Waals surface area contributed by atoms with Crippen LogP contribution in [0.15, 0.2) is 48.5 Å². The third kappa shape index (κ3) is 5.94. The Morgan fingerprint density at radius 1 is 0.409 bits per heavy atom. The molecule has 230 valence electrons. The van der Waals surface area contributed by atoms with Gasteiger partial charge < -0.3 is 40.9 Å². The van der Waals surface area contributed by atoms with Gasteiger partial charge >= 0.3 is 47.8 Å². The van der Waals surface area contributed by atoms with Gasteiger partial charge in [0.25, 0.3) is 0 Å². The highest BCUT2D eigenvalue weighted by Crippen LogP contribution is 2.44. The zero-order chi connectivity index (χ0) is 33.2. The molecule has 44 heavy (non-hydrogen) atoms. The molecule has 3 rings (SSSR count). The van der Waals surface area contributed by atoms with E-state index in [9.17, 15) is 79.2 Å². The molecular formula is C28H22O16. The second kappa shape index (κ2) is 12.4. The van der Waals surface area contributed by atoms with Crippen LogP contribution in [0.1, 0.15) is 23.0 Å². The Balaban J connectivity index is 2.56. The van der Waals surface area contributed by atoms with Crippen molar-refractivity contribution >= 4 is 69.3 Å². The summed E-state index contributed by atoms with van der Waals surface area (Å²) >= 11 is 0. The topological polar surface area (TPSA) is 298 Å². The monoisotopic (exact) mass is 614 g/mol. The molecule has 0 saturated heterocycles. The summed E-state index contributed by atoms with van der Waals surface area (Å²) in [5, 5.41) is 77.5. The summed E-state index contributed by atoms with van der Waals surface area (Å²) in [6.45, 7) is 0. The van der Waals surface area contributed by atoms with E-state index >= 15 is 0 Å². The second-order valence-corrected chi connectivity index (χ2v) is 9.66. The number of hydrogen-bond acceptors (Lipinski definition) is 8. The van der Waals surface area contributed by atoms with Gasteiger partial charge in [-0.05, 0) is 38.7 Å². The lowest BCUT2D eigenvalue weighted by atomic mass is 9.72. The van der Waals surface area contributed by atoms with Crippen molar-refractivity contribution in [3.8, 4) is 0 Å². The Hall–Kier alpha value is -6.06. The zero-order valence-electron chi connectivity index (χ0n) is 21.9. The summed E-state index contributed by atoms with van der Waals surface area (Å²) in [5.74, 6) is -31.5. The quantitative estimate of drug-likeness (QED) is 0.0937. The van der Waals surface area contributed by atoms with Gasteiger partial charge in [0.1, 0.15) is 0 Å². The third-order valence-electron chi connectivity index (χ3n) is 7.21. The van der Waals surface area contributed by atoms with E-state index in [4.69, 9.17) is 0 Å². The molecule has 0 radical (unpaired) electrons. The molecule has 0 saturated carbocycles. The number of rotatable bonds is 14. The minimum Gasteiger partial charge on any atom is -0.481 e. The Labute approximate surface area is 244 Å². The van der Waals surface area contributed by atoms with E-state index < -0.39 is 88.8 Å². The average Bonchev–Trinajstić information content (AvgIpc) is 2.89. The van der Waals surface area contributed by atoms with E-state index in [0.29, 0.717) is 0 Å². The van der Waals surface area contributed by atoms with E-state index in [-0.39, 0.29) is 27.1 Å². The molecule has 0 aliphatic rings. The highest BCUT2D eigenvalue weighted by molar-refractivity contribution is 6.08. The number of benzene rings is 3. The minimum atomic E-state index is -2.62. The van der Waals surface area contributed by atoms with Crippen molar-refractivity contribution in [2.45, 2.75) is 11.8 Å². The molecule has 0 spiro atoms. The number of carboxylic acids is 8. The van der Waals surface area contributed by atoms with Crippen LogP contribution in [0.4, 0.5) is 0 Å². The van der Waals surface area contributed by atoms with Gasteiger partial charge in [-0.1, -0.05) is 42.5 Å². The van der Waals surface area contributed by atoms with Crippen LogP contribution in [0, 0.1) is 23.7 Å². The summed E-state index contributed by atoms with van der Waals surface area (Å²) in [5.41, 5.74) is -0.798. The lowest BCUT2D eigenvalue weighted by Gasteiger charge is -2.28. The van der Waals surface area contributed by atoms with Gasteiger partial charge in [0.2, 0.25) is 0 Å². The second-order valence-electron chi connectivity index (χ2n) is 9.66. The zero-order valence-corrected chi connectivity index (χ0v) is 21.9. The van der Waals surface area contributed by atoms with Gasteiger partial charge in [-0.25, -0.2) is 0 Å². The molecule has 0 fully saturated rings. The molecule has 0 amide bonds. The number of carboxylic acid groups (broad SMARTS) is 8. The predicted octanol–water partition coefficient (Wildman–Crippen LogP) is 1.30. The van der Waals surface area contributed by atoms with Crippen LogP contribution in [-0.2, 0) is 38.4 Å². The van der Waals surface area contributed by atoms with Crippen molar-refractivity contribution in [3.05, 3.63) is 59.7 Å². The molecule has 0 bridgehead atoms. The Morgan fingerprint density at radius 3 is 1.18 bits per heavy atom. The van der Waals surface area contributed by atoms with Crippen LogP contribution in [0.2, 0.25) is 0 Å². The number of carbonyl (C=O) groups is 8. The Morgan fingerprint density at radius 2 is 0.773 bits per heavy atom. The maximum atomic E-state index is 12.1. The van der Waals surface area contributed by atoms with Gasteiger partial charge in [-0.15, -0.1) is 0 Å². The summed E-state index contributed by atoms with van der Waals surface area (Å²) in [7, 11) is 0. The van der Waals surface area contributed by atoms with E-state index in [1.54, 1.807) is 0 Å². The van der Waals surface area contributed by atoms with Gasteiger partial charge in [-0.2, -0.15) is 0 Å². The predicted molar refractivity (Wildman–Crippen MR) is 142 cm³/mol. The van der Waals surface area contributed by atoms with Gasteiger partial charge in [0, 0.05) is 11.8 Å². The van der Waals surface area contributed by atoms with Crippen LogP contribution >= 0.6 is 0 Å². The number of fused-ring (bicyclic) bond motifs is 2. The van der Waals surface area contributed by atoms with Crippen molar-refractivity contribution < 1.29 is 79.2 Å². The van der Waals surface area contributed by atoms with Gasteiger partial charge in [-0.3, -0.25) is 38.4 Å². The first-order valence-electron chi connectivity index (χ1n) is 12.3. The third-order valence-corrected chi connectivity index (χ3v) is 7.21. The van der Waals surface area contributed by atoms with E-state index in [0.717, 1.165) is 18.2 Å². The molecule has 0 unspecified atom stereocenters. The van der Waals surface area contributed by atoms with Crippen molar-refractivity contribution in [1.29, 1.82) is 0 Å². The molecule has 3 aromatic carbocycles. The summed E-state index contributed by atoms with van der Waals surface area (Å²) in [4.78, 5) is 96.2. The molecule has 0 aromatic heterocycles. The average molecular weight is 614 g/mol. The first kappa shape index (κ1) is 32.5. The summed E-state index contributed by atoms with van der Waals surface area (Å²) in [6.07, 6.45) is 0. The smallest absolute Gasteiger partial charge is 0.318 e. The van der Waals surface area contributed by atoms with Crippen LogP contribution < -0.4 is 0 Å². The van der Waals surface area contributed by atoms with Gasteiger partial charge in [0.15, 0.2) is 23.7 Å². The number of hydrogen-bond donors (Lipinski definition) is 8. The van der Waals surface area contributed by atoms with E-state index in [1.807, 2.05) is 0 Å². The lowest BCUT2D eigenvalue weighted by Crippen LogP contribution is -2.40. The fourth-order valence-electron chi connectivity index (χ4n) is 5.45. The fourth-order valence-corrected chi connectivity index (χ4v) is 5.45. The first-order chi connectivity index (χ1) is 20.5. The highest BCUT2D eigenvalue weighted by Gasteiger charge is 2.49. The maximum Gasteiger partial charge on any atom is 0.318 e. The van der Waals surface area contributed by atoms with Crippen molar-refractivity contribution in [2.24, 2.45) is 23.7 Å². The normalized spacial score (nSPS) is 11.6. The number of aliphatic carboxylic acids is 8. The van der Waals surface area contributed by atoms with Crippen LogP contribution in [0.25, 0.3) is 21.5 Å². The molecule has 0 heterocycles. The standard InChI is InChI=1S/C28H22O16/c29-21(30)17(22(31)32)14(18(23(33)34)24(35)36)10-5-6-13-11(8-10)7-9-3-1-2-4-12(9)15(13)16(19(25(37)38)26(39)40)20(27(41)42)28(43)44/h1-8,14,16-20H,(H,29,30)(H,31,32)(H,33,34)(H,35,36)(H,37,38)(H,39,40)(H,41,42)(H,43,44). The first-order valence-corrected chi connectivity index (χ1v) is 12.3. The van der Waals surface area contributed by atoms with Crippen molar-refractivity contribution in [2.75, 3.05) is 0 Å². The van der Waals surface area contributed by atoms with E-state index in [2.05, 4.69) is 0 Å². The lowest BCUT2D eigenvalue weighted by molar-refractivity contribution is -0.165. The molecule has 0 aliphatic heterocycles. The van der Waals surface area contributed by atoms with E-state index in [1.165, 1.54) is 30.3 Å². The molecule has 8 N–H and O–H groups in total. The molecule has 3 aromatic rings. The maximum absolute atomic E-state index is 12.1. The summed E-state index contributed by atoms with van der Waals surface area (Å²) < 4.78 is 0. The van der Waals surface area contributed by atoms with Gasteiger partial charge in [0.05, 0.1) is 0 Å². The van der Waals surface area contributed by atoms with Crippen molar-refractivity contribution in [3.63, 3.8) is 0 Å². The molecule has 16 heteroatoms. The summed E-state index contributed by atoms with van der Waals surface area (Å²) in [6, 6.07) is 9.91. The SMILES string of the molecule is O=C(O)C(C(=O)O)C(c1ccc2c(C(C(C(=O)O)C(=O)O)C(C(=O)O)C(=O)O)c3ccccc3cc2c1)C(C(=O)O)C(=O)O. The molecular weight excluding hydrogens is 592 g/mol.